The summed E-state index contributed by atoms with van der Waals surface area (Å²) in [5.41, 5.74) is 2.85. The highest BCUT2D eigenvalue weighted by Gasteiger charge is 2.36. The molecule has 2 aromatic rings. The van der Waals surface area contributed by atoms with E-state index in [2.05, 4.69) is 5.32 Å². The van der Waals surface area contributed by atoms with Crippen molar-refractivity contribution in [2.24, 2.45) is 0 Å². The number of alkyl halides is 3. The zero-order valence-electron chi connectivity index (χ0n) is 11.7. The molecule has 0 radical (unpaired) electrons. The summed E-state index contributed by atoms with van der Waals surface area (Å²) < 4.78 is 39.7. The van der Waals surface area contributed by atoms with Crippen LogP contribution in [0.1, 0.15) is 34.6 Å². The highest BCUT2D eigenvalue weighted by molar-refractivity contribution is 5.62. The molecule has 2 aromatic carbocycles. The molecule has 0 saturated heterocycles. The smallest absolute Gasteiger partial charge is 0.385 e. The normalized spacial score (nSPS) is 18.0. The molecule has 0 fully saturated rings. The molecular weight excluding hydrogens is 275 g/mol. The van der Waals surface area contributed by atoms with Gasteiger partial charge in [0.1, 0.15) is 0 Å². The molecular formula is C17H16F3N. The van der Waals surface area contributed by atoms with E-state index < -0.39 is 11.7 Å². The molecule has 4 heteroatoms. The molecule has 1 heterocycles. The van der Waals surface area contributed by atoms with Gasteiger partial charge in [-0.15, -0.1) is 0 Å². The van der Waals surface area contributed by atoms with Crippen molar-refractivity contribution in [3.8, 4) is 0 Å². The Kier molecular flexibility index (Phi) is 3.40. The van der Waals surface area contributed by atoms with E-state index in [1.165, 1.54) is 12.1 Å². The van der Waals surface area contributed by atoms with Gasteiger partial charge in [0.15, 0.2) is 0 Å². The minimum absolute atomic E-state index is 0.209. The lowest BCUT2D eigenvalue weighted by molar-refractivity contribution is -0.138. The maximum atomic E-state index is 13.2. The predicted octanol–water partition coefficient (Wildman–Crippen LogP) is 4.96. The first-order chi connectivity index (χ1) is 9.98. The van der Waals surface area contributed by atoms with E-state index in [4.69, 9.17) is 0 Å². The summed E-state index contributed by atoms with van der Waals surface area (Å²) in [7, 11) is 0. The van der Waals surface area contributed by atoms with Crippen LogP contribution in [0, 0.1) is 6.92 Å². The van der Waals surface area contributed by atoms with Crippen LogP contribution >= 0.6 is 0 Å². The summed E-state index contributed by atoms with van der Waals surface area (Å²) in [6.07, 6.45) is -3.64. The molecule has 0 spiro atoms. The molecule has 1 N–H and O–H groups in total. The number of halogens is 3. The molecule has 1 aliphatic rings. The average molecular weight is 291 g/mol. The molecule has 0 aromatic heterocycles. The van der Waals surface area contributed by atoms with E-state index in [0.29, 0.717) is 18.5 Å². The molecule has 0 saturated carbocycles. The second kappa shape index (κ2) is 5.10. The van der Waals surface area contributed by atoms with Gasteiger partial charge in [0, 0.05) is 18.2 Å². The largest absolute Gasteiger partial charge is 0.416 e. The first kappa shape index (κ1) is 14.0. The molecule has 0 aliphatic carbocycles. The number of nitrogens with one attached hydrogen (secondary N) is 1. The lowest BCUT2D eigenvalue weighted by atomic mass is 9.82. The highest BCUT2D eigenvalue weighted by atomic mass is 19.4. The van der Waals surface area contributed by atoms with E-state index in [-0.39, 0.29) is 5.92 Å². The Labute approximate surface area is 121 Å². The van der Waals surface area contributed by atoms with Crippen molar-refractivity contribution in [3.63, 3.8) is 0 Å². The molecule has 0 bridgehead atoms. The van der Waals surface area contributed by atoms with Gasteiger partial charge in [-0.2, -0.15) is 13.2 Å². The lowest BCUT2D eigenvalue weighted by Gasteiger charge is -2.30. The molecule has 21 heavy (non-hydrogen) atoms. The maximum Gasteiger partial charge on any atom is 0.416 e. The van der Waals surface area contributed by atoms with Crippen molar-refractivity contribution in [1.29, 1.82) is 0 Å². The van der Waals surface area contributed by atoms with Crippen LogP contribution < -0.4 is 5.32 Å². The van der Waals surface area contributed by atoms with Gasteiger partial charge in [-0.1, -0.05) is 36.4 Å². The van der Waals surface area contributed by atoms with Crippen LogP contribution in [-0.4, -0.2) is 6.54 Å². The number of aryl methyl sites for hydroxylation is 1. The van der Waals surface area contributed by atoms with Gasteiger partial charge >= 0.3 is 6.18 Å². The molecule has 1 unspecified atom stereocenters. The summed E-state index contributed by atoms with van der Waals surface area (Å²) in [5.74, 6) is -0.209. The molecule has 3 rings (SSSR count). The number of hydrogen-bond donors (Lipinski definition) is 1. The Morgan fingerprint density at radius 3 is 2.48 bits per heavy atom. The second-order valence-electron chi connectivity index (χ2n) is 5.39. The number of rotatable bonds is 1. The van der Waals surface area contributed by atoms with Crippen molar-refractivity contribution >= 4 is 5.69 Å². The van der Waals surface area contributed by atoms with Crippen LogP contribution in [0.25, 0.3) is 0 Å². The van der Waals surface area contributed by atoms with Gasteiger partial charge in [-0.05, 0) is 36.1 Å². The van der Waals surface area contributed by atoms with Crippen LogP contribution in [0.2, 0.25) is 0 Å². The van der Waals surface area contributed by atoms with E-state index in [1.54, 1.807) is 12.1 Å². The fourth-order valence-corrected chi connectivity index (χ4v) is 3.10. The van der Waals surface area contributed by atoms with E-state index in [1.807, 2.05) is 25.1 Å². The van der Waals surface area contributed by atoms with Crippen LogP contribution in [0.5, 0.6) is 0 Å². The predicted molar refractivity (Wildman–Crippen MR) is 77.6 cm³/mol. The molecule has 1 atom stereocenters. The van der Waals surface area contributed by atoms with Crippen LogP contribution in [0.4, 0.5) is 18.9 Å². The summed E-state index contributed by atoms with van der Waals surface area (Å²) in [6, 6.07) is 11.7. The minimum Gasteiger partial charge on any atom is -0.385 e. The number of hydrogen-bond acceptors (Lipinski definition) is 1. The van der Waals surface area contributed by atoms with Crippen molar-refractivity contribution in [1.82, 2.24) is 0 Å². The van der Waals surface area contributed by atoms with Gasteiger partial charge in [0.05, 0.1) is 5.56 Å². The monoisotopic (exact) mass is 291 g/mol. The zero-order valence-corrected chi connectivity index (χ0v) is 11.7. The maximum absolute atomic E-state index is 13.2. The average Bonchev–Trinajstić information content (AvgIpc) is 2.46. The van der Waals surface area contributed by atoms with Crippen LogP contribution in [0.15, 0.2) is 42.5 Å². The fraction of sp³-hybridized carbons (Fsp3) is 0.294. The quantitative estimate of drug-likeness (QED) is 0.783. The van der Waals surface area contributed by atoms with Gasteiger partial charge in [-0.25, -0.2) is 0 Å². The van der Waals surface area contributed by atoms with E-state index in [0.717, 1.165) is 16.8 Å². The first-order valence-corrected chi connectivity index (χ1v) is 6.98. The number of para-hydroxylation sites is 1. The van der Waals surface area contributed by atoms with Crippen molar-refractivity contribution in [2.75, 3.05) is 11.9 Å². The standard InChI is InChI=1S/C17H16F3N/c1-11-5-4-7-14-12(9-10-21-16(11)14)13-6-2-3-8-15(13)17(18,19)20/h2-8,12,21H,9-10H2,1H3. The van der Waals surface area contributed by atoms with E-state index in [9.17, 15) is 13.2 Å². The first-order valence-electron chi connectivity index (χ1n) is 6.98. The Morgan fingerprint density at radius 2 is 1.71 bits per heavy atom. The number of benzene rings is 2. The van der Waals surface area contributed by atoms with Crippen molar-refractivity contribution < 1.29 is 13.2 Å². The SMILES string of the molecule is Cc1cccc2c1NCCC2c1ccccc1C(F)(F)F. The zero-order chi connectivity index (χ0) is 15.0. The topological polar surface area (TPSA) is 12.0 Å². The third kappa shape index (κ3) is 2.50. The third-order valence-corrected chi connectivity index (χ3v) is 4.06. The highest BCUT2D eigenvalue weighted by Crippen LogP contribution is 2.43. The van der Waals surface area contributed by atoms with Gasteiger partial charge in [0.25, 0.3) is 0 Å². The molecule has 0 amide bonds. The van der Waals surface area contributed by atoms with Crippen molar-refractivity contribution in [2.45, 2.75) is 25.4 Å². The summed E-state index contributed by atoms with van der Waals surface area (Å²) in [4.78, 5) is 0. The summed E-state index contributed by atoms with van der Waals surface area (Å²) in [5, 5.41) is 3.31. The van der Waals surface area contributed by atoms with Crippen LogP contribution in [0.3, 0.4) is 0 Å². The van der Waals surface area contributed by atoms with Crippen LogP contribution in [-0.2, 0) is 6.18 Å². The second-order valence-corrected chi connectivity index (χ2v) is 5.39. The van der Waals surface area contributed by atoms with Gasteiger partial charge in [-0.3, -0.25) is 0 Å². The molecule has 1 nitrogen and oxygen atoms in total. The van der Waals surface area contributed by atoms with Gasteiger partial charge in [0.2, 0.25) is 0 Å². The van der Waals surface area contributed by atoms with Gasteiger partial charge < -0.3 is 5.32 Å². The Hall–Kier alpha value is -1.97. The fourth-order valence-electron chi connectivity index (χ4n) is 3.10. The lowest BCUT2D eigenvalue weighted by Crippen LogP contribution is -2.21. The Balaban J connectivity index is 2.14. The third-order valence-electron chi connectivity index (χ3n) is 4.06. The molecule has 1 aliphatic heterocycles. The number of anilines is 1. The molecule has 110 valence electrons. The summed E-state index contributed by atoms with van der Waals surface area (Å²) in [6.45, 7) is 2.67. The van der Waals surface area contributed by atoms with E-state index >= 15 is 0 Å². The summed E-state index contributed by atoms with van der Waals surface area (Å²) >= 11 is 0. The van der Waals surface area contributed by atoms with Crippen molar-refractivity contribution in [3.05, 3.63) is 64.7 Å². The Bertz CT molecular complexity index is 661. The minimum atomic E-state index is -4.31. The number of fused-ring (bicyclic) bond motifs is 1. The Morgan fingerprint density at radius 1 is 1.00 bits per heavy atom.